The third-order valence-corrected chi connectivity index (χ3v) is 3.26. The molecule has 132 valence electrons. The highest BCUT2D eigenvalue weighted by atomic mass is 19.4. The zero-order valence-electron chi connectivity index (χ0n) is 13.1. The van der Waals surface area contributed by atoms with Crippen LogP contribution in [0.3, 0.4) is 0 Å². The van der Waals surface area contributed by atoms with Gasteiger partial charge < -0.3 is 15.2 Å². The van der Waals surface area contributed by atoms with Gasteiger partial charge >= 0.3 is 12.1 Å². The number of nitrogens with zero attached hydrogens (tertiary/aromatic N) is 1. The molecule has 1 aromatic heterocycles. The van der Waals surface area contributed by atoms with Crippen LogP contribution in [0.25, 0.3) is 0 Å². The van der Waals surface area contributed by atoms with Crippen LogP contribution in [-0.2, 0) is 11.3 Å². The fraction of sp³-hybridized carbons (Fsp3) is 0.188. The van der Waals surface area contributed by atoms with E-state index in [1.807, 2.05) is 0 Å². The lowest BCUT2D eigenvalue weighted by atomic mass is 10.1. The van der Waals surface area contributed by atoms with Crippen LogP contribution in [0.2, 0.25) is 0 Å². The van der Waals surface area contributed by atoms with Gasteiger partial charge in [-0.15, -0.1) is 0 Å². The van der Waals surface area contributed by atoms with Gasteiger partial charge in [0.25, 0.3) is 11.5 Å². The molecule has 0 spiro atoms. The third-order valence-electron chi connectivity index (χ3n) is 3.26. The number of hydrogen-bond donors (Lipinski definition) is 2. The zero-order valence-corrected chi connectivity index (χ0v) is 13.1. The largest absolute Gasteiger partial charge is 0.471 e. The van der Waals surface area contributed by atoms with Gasteiger partial charge in [0.15, 0.2) is 0 Å². The molecule has 2 rings (SSSR count). The summed E-state index contributed by atoms with van der Waals surface area (Å²) in [5, 5.41) is 2.49. The second-order valence-corrected chi connectivity index (χ2v) is 5.23. The van der Waals surface area contributed by atoms with Gasteiger partial charge in [0, 0.05) is 25.5 Å². The summed E-state index contributed by atoms with van der Waals surface area (Å²) in [6.07, 6.45) is -3.57. The fourth-order valence-corrected chi connectivity index (χ4v) is 2.11. The van der Waals surface area contributed by atoms with E-state index in [0.717, 1.165) is 7.05 Å². The van der Waals surface area contributed by atoms with Crippen molar-refractivity contribution >= 4 is 17.5 Å². The van der Waals surface area contributed by atoms with Crippen molar-refractivity contribution in [3.05, 3.63) is 64.1 Å². The quantitative estimate of drug-likeness (QED) is 0.884. The van der Waals surface area contributed by atoms with Crippen LogP contribution in [0.5, 0.6) is 0 Å². The molecule has 0 bridgehead atoms. The van der Waals surface area contributed by atoms with Crippen molar-refractivity contribution in [2.45, 2.75) is 12.7 Å². The molecule has 0 saturated carbocycles. The summed E-state index contributed by atoms with van der Waals surface area (Å²) in [6, 6.07) is 8.81. The second kappa shape index (κ2) is 7.20. The molecule has 2 N–H and O–H groups in total. The molecular formula is C16H14F3N3O3. The highest BCUT2D eigenvalue weighted by Crippen LogP contribution is 2.20. The fourth-order valence-electron chi connectivity index (χ4n) is 2.11. The van der Waals surface area contributed by atoms with E-state index in [9.17, 15) is 27.6 Å². The number of alkyl halides is 3. The van der Waals surface area contributed by atoms with Crippen molar-refractivity contribution in [2.24, 2.45) is 0 Å². The lowest BCUT2D eigenvalue weighted by molar-refractivity contribution is -0.184. The maximum absolute atomic E-state index is 12.4. The van der Waals surface area contributed by atoms with Gasteiger partial charge in [-0.2, -0.15) is 13.2 Å². The highest BCUT2D eigenvalue weighted by molar-refractivity contribution is 6.03. The smallest absolute Gasteiger partial charge is 0.334 e. The molecule has 0 aliphatic rings. The summed E-state index contributed by atoms with van der Waals surface area (Å²) in [6.45, 7) is -0.284. The Labute approximate surface area is 140 Å². The lowest BCUT2D eigenvalue weighted by Gasteiger charge is -2.19. The molecule has 1 aromatic carbocycles. The Morgan fingerprint density at radius 1 is 1.20 bits per heavy atom. The molecule has 0 saturated heterocycles. The van der Waals surface area contributed by atoms with E-state index in [4.69, 9.17) is 0 Å². The normalized spacial score (nSPS) is 11.0. The summed E-state index contributed by atoms with van der Waals surface area (Å²) < 4.78 is 37.2. The maximum atomic E-state index is 12.4. The van der Waals surface area contributed by atoms with Crippen LogP contribution in [0.1, 0.15) is 15.9 Å². The van der Waals surface area contributed by atoms with Crippen molar-refractivity contribution < 1.29 is 22.8 Å². The van der Waals surface area contributed by atoms with Gasteiger partial charge in [0.05, 0.1) is 0 Å². The number of amides is 2. The lowest BCUT2D eigenvalue weighted by Crippen LogP contribution is -2.37. The van der Waals surface area contributed by atoms with Crippen LogP contribution in [0.4, 0.5) is 18.9 Å². The van der Waals surface area contributed by atoms with Crippen molar-refractivity contribution in [2.75, 3.05) is 12.4 Å². The van der Waals surface area contributed by atoms with Crippen molar-refractivity contribution in [3.63, 3.8) is 0 Å². The first-order chi connectivity index (χ1) is 11.7. The number of carbonyl (C=O) groups excluding carboxylic acids is 2. The first kappa shape index (κ1) is 18.2. The average Bonchev–Trinajstić information content (AvgIpc) is 2.53. The van der Waals surface area contributed by atoms with Crippen LogP contribution in [0, 0.1) is 0 Å². The molecule has 0 fully saturated rings. The molecule has 2 aromatic rings. The van der Waals surface area contributed by atoms with Gasteiger partial charge in [-0.25, -0.2) is 0 Å². The minimum atomic E-state index is -4.95. The summed E-state index contributed by atoms with van der Waals surface area (Å²) >= 11 is 0. The molecule has 2 amide bonds. The summed E-state index contributed by atoms with van der Waals surface area (Å²) in [5.41, 5.74) is 0.0161. The van der Waals surface area contributed by atoms with E-state index in [0.29, 0.717) is 16.2 Å². The topological polar surface area (TPSA) is 82.3 Å². The first-order valence-electron chi connectivity index (χ1n) is 7.09. The number of halogens is 3. The number of pyridine rings is 1. The number of hydrogen-bond acceptors (Lipinski definition) is 3. The van der Waals surface area contributed by atoms with Crippen LogP contribution < -0.4 is 10.9 Å². The molecule has 0 atom stereocenters. The second-order valence-electron chi connectivity index (χ2n) is 5.23. The number of nitrogens with one attached hydrogen (secondary N) is 2. The van der Waals surface area contributed by atoms with Crippen molar-refractivity contribution in [1.82, 2.24) is 9.88 Å². The number of rotatable bonds is 4. The summed E-state index contributed by atoms with van der Waals surface area (Å²) in [4.78, 5) is 37.7. The molecule has 25 heavy (non-hydrogen) atoms. The van der Waals surface area contributed by atoms with Gasteiger partial charge in [-0.05, 0) is 29.8 Å². The predicted octanol–water partition coefficient (Wildman–Crippen LogP) is 2.15. The van der Waals surface area contributed by atoms with Crippen molar-refractivity contribution in [3.8, 4) is 0 Å². The number of benzene rings is 1. The monoisotopic (exact) mass is 353 g/mol. The Balaban J connectivity index is 2.11. The van der Waals surface area contributed by atoms with E-state index < -0.39 is 23.5 Å². The maximum Gasteiger partial charge on any atom is 0.471 e. The van der Waals surface area contributed by atoms with Gasteiger partial charge in [-0.1, -0.05) is 12.1 Å². The molecule has 6 nitrogen and oxygen atoms in total. The zero-order chi connectivity index (χ0) is 18.6. The Morgan fingerprint density at radius 3 is 2.56 bits per heavy atom. The number of aromatic amines is 1. The van der Waals surface area contributed by atoms with Crippen molar-refractivity contribution in [1.29, 1.82) is 0 Å². The van der Waals surface area contributed by atoms with E-state index in [2.05, 4.69) is 10.3 Å². The minimum absolute atomic E-state index is 0.0997. The Bertz CT molecular complexity index is 846. The van der Waals surface area contributed by atoms with Gasteiger partial charge in [0.1, 0.15) is 5.56 Å². The number of H-pyrrole nitrogens is 1. The van der Waals surface area contributed by atoms with Crippen LogP contribution in [0.15, 0.2) is 47.4 Å². The predicted molar refractivity (Wildman–Crippen MR) is 84.0 cm³/mol. The molecule has 0 radical (unpaired) electrons. The average molecular weight is 353 g/mol. The molecule has 9 heteroatoms. The molecule has 0 aliphatic carbocycles. The summed E-state index contributed by atoms with van der Waals surface area (Å²) in [7, 11) is 1.03. The van der Waals surface area contributed by atoms with E-state index in [-0.39, 0.29) is 12.1 Å². The van der Waals surface area contributed by atoms with Crippen LogP contribution in [-0.4, -0.2) is 34.9 Å². The molecule has 0 aliphatic heterocycles. The van der Waals surface area contributed by atoms with E-state index in [1.165, 1.54) is 42.6 Å². The SMILES string of the molecule is CN(Cc1cccc(NC(=O)c2ccc[nH]c2=O)c1)C(=O)C(F)(F)F. The molecule has 1 heterocycles. The Morgan fingerprint density at radius 2 is 1.92 bits per heavy atom. The number of anilines is 1. The highest BCUT2D eigenvalue weighted by Gasteiger charge is 2.41. The van der Waals surface area contributed by atoms with Gasteiger partial charge in [-0.3, -0.25) is 14.4 Å². The van der Waals surface area contributed by atoms with Gasteiger partial charge in [0.2, 0.25) is 0 Å². The third kappa shape index (κ3) is 4.69. The standard InChI is InChI=1S/C16H14F3N3O3/c1-22(15(25)16(17,18)19)9-10-4-2-5-11(8-10)21-14(24)12-6-3-7-20-13(12)23/h2-8H,9H2,1H3,(H,20,23)(H,21,24). The number of aromatic nitrogens is 1. The number of carbonyl (C=O) groups is 2. The Kier molecular flexibility index (Phi) is 5.26. The molecule has 0 unspecified atom stereocenters. The minimum Gasteiger partial charge on any atom is -0.334 e. The molecular weight excluding hydrogens is 339 g/mol. The first-order valence-corrected chi connectivity index (χ1v) is 7.09. The van der Waals surface area contributed by atoms with E-state index >= 15 is 0 Å². The summed E-state index contributed by atoms with van der Waals surface area (Å²) in [5.74, 6) is -2.61. The Hall–Kier alpha value is -3.10. The van der Waals surface area contributed by atoms with Crippen LogP contribution >= 0.6 is 0 Å². The van der Waals surface area contributed by atoms with E-state index in [1.54, 1.807) is 0 Å².